The number of nitrogens with two attached hydrogens (primary N) is 1. The Labute approximate surface area is 138 Å². The minimum atomic E-state index is 0. The first kappa shape index (κ1) is 15.6. The fraction of sp³-hybridized carbons (Fsp3) is 0.562. The zero-order valence-corrected chi connectivity index (χ0v) is 14.2. The predicted octanol–water partition coefficient (Wildman–Crippen LogP) is 3.08. The van der Waals surface area contributed by atoms with Crippen molar-refractivity contribution in [2.45, 2.75) is 44.6 Å². The number of nitrogens with one attached hydrogen (secondary N) is 1. The molecule has 0 heterocycles. The Morgan fingerprint density at radius 3 is 2.50 bits per heavy atom. The summed E-state index contributed by atoms with van der Waals surface area (Å²) < 4.78 is 0. The average molecular weight is 385 g/mol. The van der Waals surface area contributed by atoms with Gasteiger partial charge in [0, 0.05) is 12.6 Å². The molecule has 0 aromatic heterocycles. The first-order valence-corrected chi connectivity index (χ1v) is 7.36. The number of hydrogen-bond acceptors (Lipinski definition) is 1. The average Bonchev–Trinajstić information content (AvgIpc) is 3.17. The molecule has 2 aliphatic carbocycles. The maximum absolute atomic E-state index is 5.93. The predicted molar refractivity (Wildman–Crippen MR) is 94.5 cm³/mol. The van der Waals surface area contributed by atoms with E-state index in [1.54, 1.807) is 0 Å². The second-order valence-electron chi connectivity index (χ2n) is 6.14. The SMILES string of the molecule is I.NC(=NCC1(Cc2ccccc2)CCC1)NC1CC1. The lowest BCUT2D eigenvalue weighted by Gasteiger charge is -2.41. The number of rotatable bonds is 5. The molecule has 0 bridgehead atoms. The summed E-state index contributed by atoms with van der Waals surface area (Å²) in [6.45, 7) is 0.868. The number of hydrogen-bond donors (Lipinski definition) is 2. The van der Waals surface area contributed by atoms with Gasteiger partial charge in [-0.25, -0.2) is 0 Å². The van der Waals surface area contributed by atoms with E-state index in [9.17, 15) is 0 Å². The van der Waals surface area contributed by atoms with Gasteiger partial charge in [-0.05, 0) is 43.1 Å². The van der Waals surface area contributed by atoms with Gasteiger partial charge in [0.1, 0.15) is 0 Å². The summed E-state index contributed by atoms with van der Waals surface area (Å²) in [5, 5.41) is 3.27. The van der Waals surface area contributed by atoms with Crippen molar-refractivity contribution in [3.8, 4) is 0 Å². The Bertz CT molecular complexity index is 450. The van der Waals surface area contributed by atoms with Gasteiger partial charge in [-0.2, -0.15) is 0 Å². The standard InChI is InChI=1S/C16H23N3.HI/c17-15(19-14-7-8-14)18-12-16(9-4-10-16)11-13-5-2-1-3-6-13;/h1-3,5-6,14H,4,7-12H2,(H3,17,18,19);1H. The zero-order chi connectivity index (χ0) is 13.1. The Morgan fingerprint density at radius 2 is 1.95 bits per heavy atom. The van der Waals surface area contributed by atoms with Crippen LogP contribution in [0.5, 0.6) is 0 Å². The van der Waals surface area contributed by atoms with Crippen LogP contribution in [0.15, 0.2) is 35.3 Å². The van der Waals surface area contributed by atoms with Crippen molar-refractivity contribution in [3.05, 3.63) is 35.9 Å². The van der Waals surface area contributed by atoms with Crippen molar-refractivity contribution >= 4 is 29.9 Å². The molecule has 20 heavy (non-hydrogen) atoms. The number of benzene rings is 1. The summed E-state index contributed by atoms with van der Waals surface area (Å²) in [4.78, 5) is 4.58. The van der Waals surface area contributed by atoms with Gasteiger partial charge in [-0.15, -0.1) is 24.0 Å². The van der Waals surface area contributed by atoms with Gasteiger partial charge in [-0.3, -0.25) is 4.99 Å². The van der Waals surface area contributed by atoms with E-state index in [1.807, 2.05) is 0 Å². The Kier molecular flexibility index (Phi) is 5.29. The molecule has 3 nitrogen and oxygen atoms in total. The van der Waals surface area contributed by atoms with Crippen LogP contribution >= 0.6 is 24.0 Å². The first-order valence-electron chi connectivity index (χ1n) is 7.36. The minimum Gasteiger partial charge on any atom is -0.370 e. The summed E-state index contributed by atoms with van der Waals surface area (Å²) in [6.07, 6.45) is 7.51. The van der Waals surface area contributed by atoms with Gasteiger partial charge >= 0.3 is 0 Å². The van der Waals surface area contributed by atoms with Gasteiger partial charge in [-0.1, -0.05) is 36.8 Å². The van der Waals surface area contributed by atoms with Gasteiger partial charge in [0.2, 0.25) is 0 Å². The molecular formula is C16H24IN3. The van der Waals surface area contributed by atoms with Crippen LogP contribution in [0.25, 0.3) is 0 Å². The molecule has 0 spiro atoms. The molecule has 1 aromatic carbocycles. The molecule has 1 aromatic rings. The molecule has 2 aliphatic rings. The highest BCUT2D eigenvalue weighted by Gasteiger charge is 2.36. The van der Waals surface area contributed by atoms with Crippen molar-refractivity contribution in [1.29, 1.82) is 0 Å². The van der Waals surface area contributed by atoms with Crippen LogP contribution in [0.3, 0.4) is 0 Å². The lowest BCUT2D eigenvalue weighted by Crippen LogP contribution is -2.38. The second kappa shape index (κ2) is 6.78. The van der Waals surface area contributed by atoms with Gasteiger partial charge < -0.3 is 11.1 Å². The molecular weight excluding hydrogens is 361 g/mol. The highest BCUT2D eigenvalue weighted by molar-refractivity contribution is 14.0. The Balaban J connectivity index is 0.00000147. The quantitative estimate of drug-likeness (QED) is 0.465. The van der Waals surface area contributed by atoms with Gasteiger partial charge in [0.15, 0.2) is 5.96 Å². The van der Waals surface area contributed by atoms with Crippen LogP contribution in [0.2, 0.25) is 0 Å². The van der Waals surface area contributed by atoms with E-state index in [0.717, 1.165) is 13.0 Å². The Morgan fingerprint density at radius 1 is 1.25 bits per heavy atom. The van der Waals surface area contributed by atoms with Crippen LogP contribution in [0.1, 0.15) is 37.7 Å². The first-order chi connectivity index (χ1) is 9.26. The molecule has 3 N–H and O–H groups in total. The second-order valence-corrected chi connectivity index (χ2v) is 6.14. The Hall–Kier alpha value is -0.780. The fourth-order valence-corrected chi connectivity index (χ4v) is 2.83. The van der Waals surface area contributed by atoms with Gasteiger partial charge in [0.25, 0.3) is 0 Å². The summed E-state index contributed by atoms with van der Waals surface area (Å²) in [7, 11) is 0. The molecule has 0 saturated heterocycles. The van der Waals surface area contributed by atoms with Crippen molar-refractivity contribution in [2.24, 2.45) is 16.1 Å². The molecule has 0 radical (unpaired) electrons. The molecule has 0 amide bonds. The van der Waals surface area contributed by atoms with Crippen LogP contribution in [0.4, 0.5) is 0 Å². The molecule has 2 fully saturated rings. The monoisotopic (exact) mass is 385 g/mol. The number of nitrogens with zero attached hydrogens (tertiary/aromatic N) is 1. The third-order valence-electron chi connectivity index (χ3n) is 4.35. The molecule has 2 saturated carbocycles. The highest BCUT2D eigenvalue weighted by Crippen LogP contribution is 2.44. The summed E-state index contributed by atoms with van der Waals surface area (Å²) >= 11 is 0. The lowest BCUT2D eigenvalue weighted by molar-refractivity contribution is 0.145. The molecule has 0 atom stereocenters. The van der Waals surface area contributed by atoms with Crippen LogP contribution in [0, 0.1) is 5.41 Å². The van der Waals surface area contributed by atoms with E-state index in [0.29, 0.717) is 17.4 Å². The van der Waals surface area contributed by atoms with Crippen LogP contribution in [-0.4, -0.2) is 18.5 Å². The highest BCUT2D eigenvalue weighted by atomic mass is 127. The van der Waals surface area contributed by atoms with E-state index in [1.165, 1.54) is 37.7 Å². The van der Waals surface area contributed by atoms with Crippen molar-refractivity contribution in [3.63, 3.8) is 0 Å². The summed E-state index contributed by atoms with van der Waals surface area (Å²) in [5.41, 5.74) is 7.71. The molecule has 0 unspecified atom stereocenters. The van der Waals surface area contributed by atoms with E-state index < -0.39 is 0 Å². The van der Waals surface area contributed by atoms with E-state index in [2.05, 4.69) is 40.6 Å². The minimum absolute atomic E-state index is 0. The number of aliphatic imine (C=N–C) groups is 1. The van der Waals surface area contributed by atoms with Crippen LogP contribution in [-0.2, 0) is 6.42 Å². The zero-order valence-electron chi connectivity index (χ0n) is 11.8. The maximum Gasteiger partial charge on any atom is 0.188 e. The molecule has 0 aliphatic heterocycles. The molecule has 4 heteroatoms. The third kappa shape index (κ3) is 4.11. The molecule has 3 rings (SSSR count). The summed E-state index contributed by atoms with van der Waals surface area (Å²) in [6, 6.07) is 11.3. The smallest absolute Gasteiger partial charge is 0.188 e. The fourth-order valence-electron chi connectivity index (χ4n) is 2.83. The lowest BCUT2D eigenvalue weighted by atomic mass is 9.65. The largest absolute Gasteiger partial charge is 0.370 e. The van der Waals surface area contributed by atoms with Crippen molar-refractivity contribution in [2.75, 3.05) is 6.54 Å². The topological polar surface area (TPSA) is 50.4 Å². The van der Waals surface area contributed by atoms with Crippen molar-refractivity contribution in [1.82, 2.24) is 5.32 Å². The third-order valence-corrected chi connectivity index (χ3v) is 4.35. The summed E-state index contributed by atoms with van der Waals surface area (Å²) in [5.74, 6) is 0.641. The van der Waals surface area contributed by atoms with E-state index in [-0.39, 0.29) is 24.0 Å². The van der Waals surface area contributed by atoms with Crippen LogP contribution < -0.4 is 11.1 Å². The number of guanidine groups is 1. The maximum atomic E-state index is 5.93. The molecule has 110 valence electrons. The normalized spacial score (nSPS) is 20.7. The van der Waals surface area contributed by atoms with E-state index >= 15 is 0 Å². The number of halogens is 1. The van der Waals surface area contributed by atoms with E-state index in [4.69, 9.17) is 5.73 Å². The van der Waals surface area contributed by atoms with Crippen molar-refractivity contribution < 1.29 is 0 Å². The van der Waals surface area contributed by atoms with Gasteiger partial charge in [0.05, 0.1) is 0 Å².